The molecule has 0 radical (unpaired) electrons. The molecule has 0 N–H and O–H groups in total. The van der Waals surface area contributed by atoms with Crippen molar-refractivity contribution in [3.63, 3.8) is 0 Å². The van der Waals surface area contributed by atoms with Gasteiger partial charge in [-0.15, -0.1) is 0 Å². The summed E-state index contributed by atoms with van der Waals surface area (Å²) in [5.74, 6) is 1.79. The van der Waals surface area contributed by atoms with Crippen LogP contribution in [0.1, 0.15) is 39.5 Å². The molecule has 2 rings (SSSR count). The first-order chi connectivity index (χ1) is 7.68. The van der Waals surface area contributed by atoms with Gasteiger partial charge >= 0.3 is 0 Å². The van der Waals surface area contributed by atoms with Crippen molar-refractivity contribution in [2.24, 2.45) is 11.8 Å². The number of likely N-dealkylation sites (tertiary alicyclic amines) is 1. The second-order valence-electron chi connectivity index (χ2n) is 5.41. The van der Waals surface area contributed by atoms with E-state index in [1.165, 1.54) is 0 Å². The molecule has 3 heteroatoms. The Balaban J connectivity index is 1.81. The van der Waals surface area contributed by atoms with Gasteiger partial charge in [0.2, 0.25) is 0 Å². The molecular weight excluding hydrogens is 202 g/mol. The van der Waals surface area contributed by atoms with Gasteiger partial charge in [0, 0.05) is 19.7 Å². The van der Waals surface area contributed by atoms with Crippen LogP contribution in [0.3, 0.4) is 0 Å². The lowest BCUT2D eigenvalue weighted by Gasteiger charge is -2.34. The maximum atomic E-state index is 12.1. The molecule has 0 spiro atoms. The second-order valence-corrected chi connectivity index (χ2v) is 5.41. The lowest BCUT2D eigenvalue weighted by molar-refractivity contribution is -0.142. The third-order valence-corrected chi connectivity index (χ3v) is 4.00. The predicted octanol–water partition coefficient (Wildman–Crippen LogP) is 2.06. The quantitative estimate of drug-likeness (QED) is 0.720. The SMILES string of the molecule is CC(C)C1CCN(C(=O)[C@@H]2CCCO2)CC1. The number of ether oxygens (including phenoxy) is 1. The summed E-state index contributed by atoms with van der Waals surface area (Å²) in [6.45, 7) is 7.19. The molecule has 3 nitrogen and oxygen atoms in total. The summed E-state index contributed by atoms with van der Waals surface area (Å²) >= 11 is 0. The number of hydrogen-bond donors (Lipinski definition) is 0. The topological polar surface area (TPSA) is 29.5 Å². The van der Waals surface area contributed by atoms with E-state index < -0.39 is 0 Å². The van der Waals surface area contributed by atoms with Crippen molar-refractivity contribution in [1.29, 1.82) is 0 Å². The summed E-state index contributed by atoms with van der Waals surface area (Å²) in [4.78, 5) is 14.1. The maximum Gasteiger partial charge on any atom is 0.251 e. The largest absolute Gasteiger partial charge is 0.368 e. The number of carbonyl (C=O) groups excluding carboxylic acids is 1. The van der Waals surface area contributed by atoms with Crippen LogP contribution >= 0.6 is 0 Å². The Morgan fingerprint density at radius 2 is 1.94 bits per heavy atom. The van der Waals surface area contributed by atoms with Crippen molar-refractivity contribution >= 4 is 5.91 Å². The van der Waals surface area contributed by atoms with Crippen LogP contribution < -0.4 is 0 Å². The summed E-state index contributed by atoms with van der Waals surface area (Å²) in [5, 5.41) is 0. The lowest BCUT2D eigenvalue weighted by atomic mass is 9.86. The van der Waals surface area contributed by atoms with Crippen molar-refractivity contribution in [3.8, 4) is 0 Å². The molecule has 16 heavy (non-hydrogen) atoms. The fraction of sp³-hybridized carbons (Fsp3) is 0.923. The van der Waals surface area contributed by atoms with Crippen LogP contribution in [0.4, 0.5) is 0 Å². The average Bonchev–Trinajstić information content (AvgIpc) is 2.81. The number of carbonyl (C=O) groups is 1. The zero-order valence-electron chi connectivity index (χ0n) is 10.4. The van der Waals surface area contributed by atoms with Gasteiger partial charge in [0.05, 0.1) is 0 Å². The van der Waals surface area contributed by atoms with Crippen molar-refractivity contribution < 1.29 is 9.53 Å². The minimum Gasteiger partial charge on any atom is -0.368 e. The standard InChI is InChI=1S/C13H23NO2/c1-10(2)11-5-7-14(8-6-11)13(15)12-4-3-9-16-12/h10-12H,3-9H2,1-2H3/t12-/m0/s1. The summed E-state index contributed by atoms with van der Waals surface area (Å²) in [6.07, 6.45) is 4.16. The summed E-state index contributed by atoms with van der Waals surface area (Å²) in [5.41, 5.74) is 0. The van der Waals surface area contributed by atoms with Gasteiger partial charge in [-0.25, -0.2) is 0 Å². The van der Waals surface area contributed by atoms with Crippen molar-refractivity contribution in [3.05, 3.63) is 0 Å². The van der Waals surface area contributed by atoms with Gasteiger partial charge in [0.1, 0.15) is 6.10 Å². The minimum atomic E-state index is -0.129. The first-order valence-corrected chi connectivity index (χ1v) is 6.59. The molecule has 2 aliphatic rings. The molecule has 0 saturated carbocycles. The van der Waals surface area contributed by atoms with Crippen LogP contribution in [-0.4, -0.2) is 36.6 Å². The fourth-order valence-corrected chi connectivity index (χ4v) is 2.76. The normalized spacial score (nSPS) is 27.7. The van der Waals surface area contributed by atoms with Gasteiger partial charge in [0.15, 0.2) is 0 Å². The number of rotatable bonds is 2. The highest BCUT2D eigenvalue weighted by molar-refractivity contribution is 5.81. The summed E-state index contributed by atoms with van der Waals surface area (Å²) in [6, 6.07) is 0. The van der Waals surface area contributed by atoms with Crippen LogP contribution in [0, 0.1) is 11.8 Å². The van der Waals surface area contributed by atoms with Crippen molar-refractivity contribution in [2.75, 3.05) is 19.7 Å². The molecule has 2 heterocycles. The third kappa shape index (κ3) is 2.57. The monoisotopic (exact) mass is 225 g/mol. The maximum absolute atomic E-state index is 12.1. The molecule has 0 aliphatic carbocycles. The van der Waals surface area contributed by atoms with E-state index in [-0.39, 0.29) is 12.0 Å². The van der Waals surface area contributed by atoms with Gasteiger partial charge in [-0.2, -0.15) is 0 Å². The highest BCUT2D eigenvalue weighted by Gasteiger charge is 2.31. The van der Waals surface area contributed by atoms with Gasteiger partial charge in [0.25, 0.3) is 5.91 Å². The fourth-order valence-electron chi connectivity index (χ4n) is 2.76. The Morgan fingerprint density at radius 3 is 2.44 bits per heavy atom. The number of nitrogens with zero attached hydrogens (tertiary/aromatic N) is 1. The van der Waals surface area contributed by atoms with E-state index in [9.17, 15) is 4.79 Å². The molecule has 0 unspecified atom stereocenters. The molecule has 0 aromatic heterocycles. The Bertz CT molecular complexity index is 238. The van der Waals surface area contributed by atoms with Crippen LogP contribution in [-0.2, 0) is 9.53 Å². The first-order valence-electron chi connectivity index (χ1n) is 6.59. The lowest BCUT2D eigenvalue weighted by Crippen LogP contribution is -2.44. The van der Waals surface area contributed by atoms with Gasteiger partial charge < -0.3 is 9.64 Å². The Labute approximate surface area is 98.1 Å². The highest BCUT2D eigenvalue weighted by Crippen LogP contribution is 2.25. The number of amides is 1. The second kappa shape index (κ2) is 5.17. The van der Waals surface area contributed by atoms with Crippen LogP contribution in [0.5, 0.6) is 0 Å². The Morgan fingerprint density at radius 1 is 1.25 bits per heavy atom. The van der Waals surface area contributed by atoms with E-state index in [4.69, 9.17) is 4.74 Å². The summed E-state index contributed by atoms with van der Waals surface area (Å²) in [7, 11) is 0. The molecule has 0 bridgehead atoms. The van der Waals surface area contributed by atoms with E-state index >= 15 is 0 Å². The minimum absolute atomic E-state index is 0.129. The van der Waals surface area contributed by atoms with Crippen LogP contribution in [0.15, 0.2) is 0 Å². The van der Waals surface area contributed by atoms with E-state index in [0.717, 1.165) is 57.2 Å². The number of hydrogen-bond acceptors (Lipinski definition) is 2. The molecule has 2 fully saturated rings. The highest BCUT2D eigenvalue weighted by atomic mass is 16.5. The molecule has 2 aliphatic heterocycles. The molecule has 0 aromatic rings. The first kappa shape index (κ1) is 11.9. The number of piperidine rings is 1. The molecule has 1 atom stereocenters. The zero-order chi connectivity index (χ0) is 11.5. The molecule has 1 amide bonds. The van der Waals surface area contributed by atoms with Gasteiger partial charge in [-0.05, 0) is 37.5 Å². The zero-order valence-corrected chi connectivity index (χ0v) is 10.4. The Kier molecular flexibility index (Phi) is 3.85. The van der Waals surface area contributed by atoms with Gasteiger partial charge in [-0.3, -0.25) is 4.79 Å². The molecule has 92 valence electrons. The van der Waals surface area contributed by atoms with E-state index in [2.05, 4.69) is 13.8 Å². The molecule has 2 saturated heterocycles. The van der Waals surface area contributed by atoms with Crippen LogP contribution in [0.25, 0.3) is 0 Å². The predicted molar refractivity (Wildman–Crippen MR) is 63.1 cm³/mol. The molecular formula is C13H23NO2. The molecule has 0 aromatic carbocycles. The summed E-state index contributed by atoms with van der Waals surface area (Å²) < 4.78 is 5.45. The average molecular weight is 225 g/mol. The van der Waals surface area contributed by atoms with Crippen molar-refractivity contribution in [1.82, 2.24) is 4.90 Å². The smallest absolute Gasteiger partial charge is 0.251 e. The Hall–Kier alpha value is -0.570. The van der Waals surface area contributed by atoms with E-state index in [0.29, 0.717) is 0 Å². The third-order valence-electron chi connectivity index (χ3n) is 4.00. The van der Waals surface area contributed by atoms with E-state index in [1.54, 1.807) is 0 Å². The van der Waals surface area contributed by atoms with Crippen molar-refractivity contribution in [2.45, 2.75) is 45.6 Å². The van der Waals surface area contributed by atoms with Crippen LogP contribution in [0.2, 0.25) is 0 Å². The van der Waals surface area contributed by atoms with E-state index in [1.807, 2.05) is 4.90 Å². The van der Waals surface area contributed by atoms with Gasteiger partial charge in [-0.1, -0.05) is 13.8 Å².